The van der Waals surface area contributed by atoms with Crippen LogP contribution in [0, 0.1) is 5.41 Å². The van der Waals surface area contributed by atoms with Gasteiger partial charge in [-0.3, -0.25) is 9.59 Å². The summed E-state index contributed by atoms with van der Waals surface area (Å²) >= 11 is 0. The van der Waals surface area contributed by atoms with Crippen LogP contribution in [0.25, 0.3) is 0 Å². The Bertz CT molecular complexity index is 328. The molecule has 1 rings (SSSR count). The number of hydrogen-bond acceptors (Lipinski definition) is 3. The highest BCUT2D eigenvalue weighted by molar-refractivity contribution is 5.81. The van der Waals surface area contributed by atoms with Crippen molar-refractivity contribution in [2.45, 2.75) is 58.5 Å². The SMILES string of the molecule is CC(C)(C)C(=O)NCCNC(=O)CC1(O)CCCC1. The molecule has 1 aliphatic carbocycles. The van der Waals surface area contributed by atoms with Crippen LogP contribution in [0.15, 0.2) is 0 Å². The summed E-state index contributed by atoms with van der Waals surface area (Å²) in [7, 11) is 0. The zero-order valence-electron chi connectivity index (χ0n) is 12.2. The van der Waals surface area contributed by atoms with Crippen molar-refractivity contribution >= 4 is 11.8 Å². The summed E-state index contributed by atoms with van der Waals surface area (Å²) in [5, 5.41) is 15.6. The third-order valence-electron chi connectivity index (χ3n) is 3.44. The van der Waals surface area contributed by atoms with Crippen molar-refractivity contribution in [1.29, 1.82) is 0 Å². The first kappa shape index (κ1) is 16.0. The number of rotatable bonds is 5. The lowest BCUT2D eigenvalue weighted by Crippen LogP contribution is -2.41. The zero-order valence-corrected chi connectivity index (χ0v) is 12.2. The van der Waals surface area contributed by atoms with Crippen LogP contribution in [-0.4, -0.2) is 35.6 Å². The highest BCUT2D eigenvalue weighted by Gasteiger charge is 2.33. The quantitative estimate of drug-likeness (QED) is 0.651. The summed E-state index contributed by atoms with van der Waals surface area (Å²) in [6.07, 6.45) is 3.57. The molecular weight excluding hydrogens is 244 g/mol. The van der Waals surface area contributed by atoms with Crippen molar-refractivity contribution in [1.82, 2.24) is 10.6 Å². The molecule has 0 aromatic rings. The van der Waals surface area contributed by atoms with Crippen LogP contribution in [0.3, 0.4) is 0 Å². The predicted octanol–water partition coefficient (Wildman–Crippen LogP) is 0.960. The van der Waals surface area contributed by atoms with Crippen LogP contribution in [0.1, 0.15) is 52.9 Å². The summed E-state index contributed by atoms with van der Waals surface area (Å²) in [5.41, 5.74) is -1.22. The molecule has 0 unspecified atom stereocenters. The van der Waals surface area contributed by atoms with E-state index in [2.05, 4.69) is 10.6 Å². The second kappa shape index (κ2) is 6.37. The molecule has 0 heterocycles. The van der Waals surface area contributed by atoms with Gasteiger partial charge in [0.05, 0.1) is 12.0 Å². The number of carbonyl (C=O) groups excluding carboxylic acids is 2. The van der Waals surface area contributed by atoms with E-state index >= 15 is 0 Å². The number of aliphatic hydroxyl groups is 1. The molecule has 0 saturated heterocycles. The van der Waals surface area contributed by atoms with Crippen molar-refractivity contribution in [2.75, 3.05) is 13.1 Å². The van der Waals surface area contributed by atoms with Crippen molar-refractivity contribution < 1.29 is 14.7 Å². The highest BCUT2D eigenvalue weighted by Crippen LogP contribution is 2.32. The molecule has 1 aliphatic rings. The Balaban J connectivity index is 2.16. The molecule has 1 saturated carbocycles. The molecule has 0 aliphatic heterocycles. The van der Waals surface area contributed by atoms with Gasteiger partial charge in [-0.1, -0.05) is 33.6 Å². The maximum absolute atomic E-state index is 11.7. The van der Waals surface area contributed by atoms with Gasteiger partial charge in [-0.25, -0.2) is 0 Å². The van der Waals surface area contributed by atoms with E-state index in [0.717, 1.165) is 12.8 Å². The number of hydrogen-bond donors (Lipinski definition) is 3. The van der Waals surface area contributed by atoms with E-state index in [4.69, 9.17) is 0 Å². The Morgan fingerprint density at radius 1 is 1.11 bits per heavy atom. The standard InChI is InChI=1S/C14H26N2O3/c1-13(2,3)12(18)16-9-8-15-11(17)10-14(19)6-4-5-7-14/h19H,4-10H2,1-3H3,(H,15,17)(H,16,18). The molecule has 5 heteroatoms. The first-order valence-electron chi connectivity index (χ1n) is 7.00. The smallest absolute Gasteiger partial charge is 0.225 e. The fourth-order valence-corrected chi connectivity index (χ4v) is 2.21. The van der Waals surface area contributed by atoms with Gasteiger partial charge >= 0.3 is 0 Å². The lowest BCUT2D eigenvalue weighted by molar-refractivity contribution is -0.129. The van der Waals surface area contributed by atoms with Gasteiger partial charge in [0, 0.05) is 18.5 Å². The van der Waals surface area contributed by atoms with E-state index < -0.39 is 11.0 Å². The summed E-state index contributed by atoms with van der Waals surface area (Å²) in [6.45, 7) is 6.35. The van der Waals surface area contributed by atoms with Gasteiger partial charge in [-0.05, 0) is 12.8 Å². The molecular formula is C14H26N2O3. The van der Waals surface area contributed by atoms with Crippen molar-refractivity contribution in [3.8, 4) is 0 Å². The van der Waals surface area contributed by atoms with Gasteiger partial charge in [-0.2, -0.15) is 0 Å². The Morgan fingerprint density at radius 2 is 1.63 bits per heavy atom. The highest BCUT2D eigenvalue weighted by atomic mass is 16.3. The largest absolute Gasteiger partial charge is 0.389 e. The molecule has 0 radical (unpaired) electrons. The molecule has 0 atom stereocenters. The predicted molar refractivity (Wildman–Crippen MR) is 73.5 cm³/mol. The van der Waals surface area contributed by atoms with Crippen LogP contribution < -0.4 is 10.6 Å². The topological polar surface area (TPSA) is 78.4 Å². The van der Waals surface area contributed by atoms with Gasteiger partial charge in [0.2, 0.25) is 11.8 Å². The Labute approximate surface area is 115 Å². The normalized spacial score (nSPS) is 18.1. The third kappa shape index (κ3) is 5.59. The fraction of sp³-hybridized carbons (Fsp3) is 0.857. The molecule has 5 nitrogen and oxygen atoms in total. The first-order valence-corrected chi connectivity index (χ1v) is 7.00. The average molecular weight is 270 g/mol. The zero-order chi connectivity index (χ0) is 14.5. The minimum absolute atomic E-state index is 0.0313. The van der Waals surface area contributed by atoms with Gasteiger partial charge in [0.1, 0.15) is 0 Å². The average Bonchev–Trinajstić information content (AvgIpc) is 2.69. The van der Waals surface area contributed by atoms with Gasteiger partial charge in [0.25, 0.3) is 0 Å². The molecule has 0 aromatic heterocycles. The minimum atomic E-state index is -0.807. The molecule has 2 amide bonds. The van der Waals surface area contributed by atoms with Crippen LogP contribution in [-0.2, 0) is 9.59 Å². The second-order valence-electron chi connectivity index (χ2n) is 6.46. The molecule has 1 fully saturated rings. The lowest BCUT2D eigenvalue weighted by Gasteiger charge is -2.21. The minimum Gasteiger partial charge on any atom is -0.389 e. The van der Waals surface area contributed by atoms with E-state index in [1.165, 1.54) is 0 Å². The van der Waals surface area contributed by atoms with E-state index in [0.29, 0.717) is 25.9 Å². The van der Waals surface area contributed by atoms with E-state index in [1.807, 2.05) is 20.8 Å². The van der Waals surface area contributed by atoms with E-state index in [9.17, 15) is 14.7 Å². The van der Waals surface area contributed by atoms with Crippen molar-refractivity contribution in [3.63, 3.8) is 0 Å². The Morgan fingerprint density at radius 3 is 2.16 bits per heavy atom. The van der Waals surface area contributed by atoms with Gasteiger partial charge < -0.3 is 15.7 Å². The molecule has 0 aromatic carbocycles. The first-order chi connectivity index (χ1) is 8.73. The third-order valence-corrected chi connectivity index (χ3v) is 3.44. The number of amides is 2. The van der Waals surface area contributed by atoms with Crippen LogP contribution >= 0.6 is 0 Å². The van der Waals surface area contributed by atoms with Gasteiger partial charge in [0.15, 0.2) is 0 Å². The summed E-state index contributed by atoms with van der Waals surface area (Å²) < 4.78 is 0. The maximum Gasteiger partial charge on any atom is 0.225 e. The number of nitrogens with one attached hydrogen (secondary N) is 2. The Hall–Kier alpha value is -1.10. The van der Waals surface area contributed by atoms with Crippen molar-refractivity contribution in [3.05, 3.63) is 0 Å². The molecule has 19 heavy (non-hydrogen) atoms. The van der Waals surface area contributed by atoms with Crippen LogP contribution in [0.4, 0.5) is 0 Å². The van der Waals surface area contributed by atoms with Crippen LogP contribution in [0.5, 0.6) is 0 Å². The number of carbonyl (C=O) groups is 2. The summed E-state index contributed by atoms with van der Waals surface area (Å²) in [4.78, 5) is 23.2. The maximum atomic E-state index is 11.7. The van der Waals surface area contributed by atoms with E-state index in [1.54, 1.807) is 0 Å². The summed E-state index contributed by atoms with van der Waals surface area (Å²) in [6, 6.07) is 0. The molecule has 3 N–H and O–H groups in total. The van der Waals surface area contributed by atoms with Crippen molar-refractivity contribution in [2.24, 2.45) is 5.41 Å². The monoisotopic (exact) mass is 270 g/mol. The summed E-state index contributed by atoms with van der Waals surface area (Å²) in [5.74, 6) is -0.175. The second-order valence-corrected chi connectivity index (χ2v) is 6.46. The molecule has 0 spiro atoms. The van der Waals surface area contributed by atoms with Gasteiger partial charge in [-0.15, -0.1) is 0 Å². The molecule has 0 bridgehead atoms. The fourth-order valence-electron chi connectivity index (χ4n) is 2.21. The van der Waals surface area contributed by atoms with Crippen LogP contribution in [0.2, 0.25) is 0 Å². The molecule has 110 valence electrons. The Kier molecular flexibility index (Phi) is 5.35. The lowest BCUT2D eigenvalue weighted by atomic mass is 9.96. The van der Waals surface area contributed by atoms with E-state index in [-0.39, 0.29) is 18.2 Å².